The molecule has 1 fully saturated rings. The van der Waals surface area contributed by atoms with E-state index in [0.717, 1.165) is 37.8 Å². The van der Waals surface area contributed by atoms with Gasteiger partial charge in [0, 0.05) is 38.5 Å². The summed E-state index contributed by atoms with van der Waals surface area (Å²) in [6.07, 6.45) is 0.0456. The fraction of sp³-hybridized carbons (Fsp3) is 0.611. The minimum absolute atomic E-state index is 0.0683. The van der Waals surface area contributed by atoms with Crippen LogP contribution in [-0.4, -0.2) is 54.8 Å². The van der Waals surface area contributed by atoms with Crippen LogP contribution < -0.4 is 0 Å². The van der Waals surface area contributed by atoms with Gasteiger partial charge >= 0.3 is 0 Å². The number of aromatic nitrogens is 3. The van der Waals surface area contributed by atoms with Crippen molar-refractivity contribution >= 4 is 17.2 Å². The fourth-order valence-electron chi connectivity index (χ4n) is 3.89. The lowest BCUT2D eigenvalue weighted by Gasteiger charge is -2.30. The molecule has 4 heterocycles. The minimum Gasteiger partial charge on any atom is -0.391 e. The molecule has 2 aliphatic heterocycles. The Morgan fingerprint density at radius 1 is 1.38 bits per heavy atom. The molecule has 0 bridgehead atoms. The Hall–Kier alpha value is -1.77. The standard InChI is InChI=1S/C18H25N5O2S/c1-12(2)18(25)23-9-14(24)7-15(23)17-20-19-16-10-21(4-5-22(16)17)8-13-3-6-26-11-13/h3,6,11-12,14-15,24H,4-5,7-10H2,1-2H3/t14-,15+/m1/s1. The van der Waals surface area contributed by atoms with Crippen LogP contribution in [0.5, 0.6) is 0 Å². The van der Waals surface area contributed by atoms with Crippen molar-refractivity contribution in [1.29, 1.82) is 0 Å². The van der Waals surface area contributed by atoms with Crippen LogP contribution in [0.1, 0.15) is 43.5 Å². The number of nitrogens with zero attached hydrogens (tertiary/aromatic N) is 5. The van der Waals surface area contributed by atoms with Crippen LogP contribution in [0.3, 0.4) is 0 Å². The van der Waals surface area contributed by atoms with Crippen LogP contribution in [0, 0.1) is 5.92 Å². The van der Waals surface area contributed by atoms with E-state index in [2.05, 4.69) is 36.5 Å². The van der Waals surface area contributed by atoms with Crippen LogP contribution in [0.15, 0.2) is 16.8 Å². The second-order valence-corrected chi connectivity index (χ2v) is 8.30. The maximum Gasteiger partial charge on any atom is 0.225 e. The largest absolute Gasteiger partial charge is 0.391 e. The van der Waals surface area contributed by atoms with Gasteiger partial charge in [0.2, 0.25) is 5.91 Å². The molecule has 26 heavy (non-hydrogen) atoms. The lowest BCUT2D eigenvalue weighted by Crippen LogP contribution is -2.37. The Kier molecular flexibility index (Phi) is 4.81. The van der Waals surface area contributed by atoms with Crippen LogP contribution in [0.25, 0.3) is 0 Å². The summed E-state index contributed by atoms with van der Waals surface area (Å²) < 4.78 is 2.15. The number of carbonyl (C=O) groups is 1. The van der Waals surface area contributed by atoms with Crippen molar-refractivity contribution < 1.29 is 9.90 Å². The number of β-amino-alcohol motifs (C(OH)–C–C–N with tert-alkyl or cyclic N) is 1. The summed E-state index contributed by atoms with van der Waals surface area (Å²) in [7, 11) is 0. The molecule has 0 radical (unpaired) electrons. The predicted molar refractivity (Wildman–Crippen MR) is 98.4 cm³/mol. The van der Waals surface area contributed by atoms with E-state index in [1.54, 1.807) is 16.2 Å². The number of aliphatic hydroxyl groups excluding tert-OH is 1. The topological polar surface area (TPSA) is 74.5 Å². The van der Waals surface area contributed by atoms with Crippen LogP contribution >= 0.6 is 11.3 Å². The third-order valence-corrected chi connectivity index (χ3v) is 5.93. The SMILES string of the molecule is CC(C)C(=O)N1C[C@H](O)C[C@H]1c1nnc2n1CCN(Cc1ccsc1)C2. The molecular weight excluding hydrogens is 350 g/mol. The maximum absolute atomic E-state index is 12.5. The van der Waals surface area contributed by atoms with Gasteiger partial charge < -0.3 is 14.6 Å². The molecular formula is C18H25N5O2S. The van der Waals surface area contributed by atoms with Gasteiger partial charge in [0.25, 0.3) is 0 Å². The van der Waals surface area contributed by atoms with Gasteiger partial charge in [-0.15, -0.1) is 10.2 Å². The first-order chi connectivity index (χ1) is 12.5. The average Bonchev–Trinajstić information content (AvgIpc) is 3.33. The molecule has 1 saturated heterocycles. The van der Waals surface area contributed by atoms with Gasteiger partial charge in [-0.1, -0.05) is 13.8 Å². The zero-order valence-electron chi connectivity index (χ0n) is 15.2. The Morgan fingerprint density at radius 3 is 2.96 bits per heavy atom. The minimum atomic E-state index is -0.491. The second kappa shape index (κ2) is 7.09. The molecule has 2 aromatic rings. The van der Waals surface area contributed by atoms with E-state index in [1.807, 2.05) is 13.8 Å². The van der Waals surface area contributed by atoms with Gasteiger partial charge in [0.1, 0.15) is 5.82 Å². The van der Waals surface area contributed by atoms with E-state index in [9.17, 15) is 9.90 Å². The number of aliphatic hydroxyl groups is 1. The number of thiophene rings is 1. The van der Waals surface area contributed by atoms with Crippen molar-refractivity contribution in [3.05, 3.63) is 34.0 Å². The smallest absolute Gasteiger partial charge is 0.225 e. The van der Waals surface area contributed by atoms with E-state index >= 15 is 0 Å². The Labute approximate surface area is 157 Å². The molecule has 0 unspecified atom stereocenters. The van der Waals surface area contributed by atoms with Gasteiger partial charge in [-0.2, -0.15) is 11.3 Å². The summed E-state index contributed by atoms with van der Waals surface area (Å²) in [6.45, 7) is 7.60. The summed E-state index contributed by atoms with van der Waals surface area (Å²) in [5.74, 6) is 1.74. The van der Waals surface area contributed by atoms with E-state index in [-0.39, 0.29) is 17.9 Å². The third kappa shape index (κ3) is 3.28. The fourth-order valence-corrected chi connectivity index (χ4v) is 4.55. The zero-order chi connectivity index (χ0) is 18.3. The van der Waals surface area contributed by atoms with Crippen LogP contribution in [0.2, 0.25) is 0 Å². The van der Waals surface area contributed by atoms with Crippen molar-refractivity contribution in [3.8, 4) is 0 Å². The molecule has 1 N–H and O–H groups in total. The van der Waals surface area contributed by atoms with Crippen molar-refractivity contribution in [2.75, 3.05) is 13.1 Å². The number of carbonyl (C=O) groups excluding carboxylic acids is 1. The number of rotatable bonds is 4. The molecule has 2 atom stereocenters. The molecule has 0 aliphatic carbocycles. The number of likely N-dealkylation sites (tertiary alicyclic amines) is 1. The molecule has 0 aromatic carbocycles. The Balaban J connectivity index is 1.53. The Bertz CT molecular complexity index is 773. The molecule has 1 amide bonds. The van der Waals surface area contributed by atoms with Crippen molar-refractivity contribution in [2.45, 2.75) is 52.0 Å². The molecule has 4 rings (SSSR count). The van der Waals surface area contributed by atoms with Gasteiger partial charge in [-0.25, -0.2) is 0 Å². The number of hydrogen-bond donors (Lipinski definition) is 1. The van der Waals surface area contributed by atoms with Crippen molar-refractivity contribution in [1.82, 2.24) is 24.6 Å². The first-order valence-corrected chi connectivity index (χ1v) is 10.1. The zero-order valence-corrected chi connectivity index (χ0v) is 16.0. The van der Waals surface area contributed by atoms with Gasteiger partial charge in [-0.3, -0.25) is 9.69 Å². The Morgan fingerprint density at radius 2 is 2.23 bits per heavy atom. The molecule has 2 aliphatic rings. The van der Waals surface area contributed by atoms with Crippen molar-refractivity contribution in [3.63, 3.8) is 0 Å². The highest BCUT2D eigenvalue weighted by Crippen LogP contribution is 2.33. The number of amides is 1. The monoisotopic (exact) mass is 375 g/mol. The maximum atomic E-state index is 12.5. The lowest BCUT2D eigenvalue weighted by molar-refractivity contribution is -0.135. The molecule has 0 spiro atoms. The number of fused-ring (bicyclic) bond motifs is 1. The van der Waals surface area contributed by atoms with Gasteiger partial charge in [0.05, 0.1) is 18.7 Å². The molecule has 8 heteroatoms. The van der Waals surface area contributed by atoms with E-state index < -0.39 is 6.10 Å². The van der Waals surface area contributed by atoms with Gasteiger partial charge in [0.15, 0.2) is 5.82 Å². The van der Waals surface area contributed by atoms with E-state index in [4.69, 9.17) is 0 Å². The highest BCUT2D eigenvalue weighted by atomic mass is 32.1. The molecule has 140 valence electrons. The van der Waals surface area contributed by atoms with E-state index in [0.29, 0.717) is 13.0 Å². The summed E-state index contributed by atoms with van der Waals surface area (Å²) >= 11 is 1.72. The first kappa shape index (κ1) is 17.6. The highest BCUT2D eigenvalue weighted by Gasteiger charge is 2.39. The quantitative estimate of drug-likeness (QED) is 0.879. The molecule has 0 saturated carbocycles. The van der Waals surface area contributed by atoms with Crippen LogP contribution in [0.4, 0.5) is 0 Å². The normalized spacial score (nSPS) is 23.6. The van der Waals surface area contributed by atoms with E-state index in [1.165, 1.54) is 5.56 Å². The third-order valence-electron chi connectivity index (χ3n) is 5.20. The molecule has 7 nitrogen and oxygen atoms in total. The number of hydrogen-bond acceptors (Lipinski definition) is 6. The summed E-state index contributed by atoms with van der Waals surface area (Å²) in [6, 6.07) is 1.98. The average molecular weight is 375 g/mol. The summed E-state index contributed by atoms with van der Waals surface area (Å²) in [4.78, 5) is 16.7. The van der Waals surface area contributed by atoms with Crippen LogP contribution in [-0.2, 0) is 24.4 Å². The second-order valence-electron chi connectivity index (χ2n) is 7.52. The summed E-state index contributed by atoms with van der Waals surface area (Å²) in [5.41, 5.74) is 1.33. The predicted octanol–water partition coefficient (Wildman–Crippen LogP) is 1.65. The molecule has 2 aromatic heterocycles. The highest BCUT2D eigenvalue weighted by molar-refractivity contribution is 7.07. The lowest BCUT2D eigenvalue weighted by atomic mass is 10.1. The van der Waals surface area contributed by atoms with Crippen molar-refractivity contribution in [2.24, 2.45) is 5.92 Å². The first-order valence-electron chi connectivity index (χ1n) is 9.17. The summed E-state index contributed by atoms with van der Waals surface area (Å²) in [5, 5.41) is 23.2. The van der Waals surface area contributed by atoms with Gasteiger partial charge in [-0.05, 0) is 22.4 Å².